The Morgan fingerprint density at radius 3 is 2.29 bits per heavy atom. The molecule has 0 amide bonds. The van der Waals surface area contributed by atoms with Gasteiger partial charge < -0.3 is 9.47 Å². The molecule has 10 heteroatoms. The number of benzene rings is 3. The van der Waals surface area contributed by atoms with E-state index in [1.54, 1.807) is 32.4 Å². The summed E-state index contributed by atoms with van der Waals surface area (Å²) >= 11 is 0. The molecule has 34 heavy (non-hydrogen) atoms. The number of hydrazone groups is 1. The van der Waals surface area contributed by atoms with Gasteiger partial charge in [-0.1, -0.05) is 37.3 Å². The number of hydrogen-bond acceptors (Lipinski definition) is 8. The van der Waals surface area contributed by atoms with Gasteiger partial charge in [0.2, 0.25) is 0 Å². The Morgan fingerprint density at radius 1 is 0.971 bits per heavy atom. The molecule has 3 rings (SSSR count). The second-order valence-electron chi connectivity index (χ2n) is 7.26. The van der Waals surface area contributed by atoms with Crippen molar-refractivity contribution >= 4 is 22.8 Å². The van der Waals surface area contributed by atoms with Crippen molar-refractivity contribution in [2.24, 2.45) is 5.10 Å². The fraction of sp³-hybridized carbons (Fsp3) is 0.208. The van der Waals surface area contributed by atoms with E-state index in [-0.39, 0.29) is 17.3 Å². The van der Waals surface area contributed by atoms with Crippen LogP contribution in [0.25, 0.3) is 0 Å². The van der Waals surface area contributed by atoms with E-state index < -0.39 is 15.5 Å². The molecule has 1 N–H and O–H groups in total. The Morgan fingerprint density at radius 2 is 1.71 bits per heavy atom. The number of hydrogen-bond donors (Lipinski definition) is 1. The van der Waals surface area contributed by atoms with Gasteiger partial charge in [-0.25, -0.2) is 0 Å². The van der Waals surface area contributed by atoms with Crippen LogP contribution < -0.4 is 14.9 Å². The van der Waals surface area contributed by atoms with Crippen molar-refractivity contribution < 1.29 is 19.3 Å². The lowest BCUT2D eigenvalue weighted by Gasteiger charge is -2.21. The second-order valence-corrected chi connectivity index (χ2v) is 7.26. The first-order valence-electron chi connectivity index (χ1n) is 10.4. The lowest BCUT2D eigenvalue weighted by atomic mass is 9.87. The van der Waals surface area contributed by atoms with Crippen molar-refractivity contribution in [1.82, 2.24) is 0 Å². The number of nitro groups is 2. The molecule has 0 saturated carbocycles. The largest absolute Gasteiger partial charge is 0.497 e. The van der Waals surface area contributed by atoms with Gasteiger partial charge in [0.05, 0.1) is 35.8 Å². The minimum absolute atomic E-state index is 0.0258. The van der Waals surface area contributed by atoms with Crippen LogP contribution in [0.2, 0.25) is 0 Å². The van der Waals surface area contributed by atoms with E-state index in [0.29, 0.717) is 29.2 Å². The number of anilines is 1. The van der Waals surface area contributed by atoms with E-state index in [0.717, 1.165) is 11.6 Å². The predicted octanol–water partition coefficient (Wildman–Crippen LogP) is 5.53. The molecule has 3 aromatic carbocycles. The van der Waals surface area contributed by atoms with Gasteiger partial charge in [-0.15, -0.1) is 0 Å². The summed E-state index contributed by atoms with van der Waals surface area (Å²) in [5, 5.41) is 27.2. The molecule has 10 nitrogen and oxygen atoms in total. The maximum absolute atomic E-state index is 11.6. The fourth-order valence-corrected chi connectivity index (χ4v) is 3.61. The predicted molar refractivity (Wildman–Crippen MR) is 129 cm³/mol. The molecule has 0 saturated heterocycles. The van der Waals surface area contributed by atoms with Gasteiger partial charge in [0.25, 0.3) is 5.69 Å². The molecular weight excluding hydrogens is 440 g/mol. The van der Waals surface area contributed by atoms with Crippen molar-refractivity contribution in [2.75, 3.05) is 19.6 Å². The number of nitro benzene ring substituents is 2. The molecule has 0 aliphatic heterocycles. The van der Waals surface area contributed by atoms with Crippen LogP contribution in [0.4, 0.5) is 17.1 Å². The monoisotopic (exact) mass is 464 g/mol. The van der Waals surface area contributed by atoms with Crippen molar-refractivity contribution in [3.63, 3.8) is 0 Å². The maximum Gasteiger partial charge on any atom is 0.301 e. The summed E-state index contributed by atoms with van der Waals surface area (Å²) in [7, 11) is 3.09. The highest BCUT2D eigenvalue weighted by molar-refractivity contribution is 6.07. The van der Waals surface area contributed by atoms with Crippen molar-refractivity contribution in [3.05, 3.63) is 98.1 Å². The van der Waals surface area contributed by atoms with Gasteiger partial charge in [0, 0.05) is 17.5 Å². The van der Waals surface area contributed by atoms with Gasteiger partial charge >= 0.3 is 5.69 Å². The SMILES string of the molecule is CCC(C(=NNc1ccc([N+](=O)[O-])cc1[N+](=O)[O-])c1cc(OC)ccc1OC)c1ccccc1. The van der Waals surface area contributed by atoms with Gasteiger partial charge in [0.1, 0.15) is 17.2 Å². The summed E-state index contributed by atoms with van der Waals surface area (Å²) in [4.78, 5) is 21.3. The summed E-state index contributed by atoms with van der Waals surface area (Å²) in [6.45, 7) is 2.01. The van der Waals surface area contributed by atoms with Crippen LogP contribution >= 0.6 is 0 Å². The van der Waals surface area contributed by atoms with Crippen LogP contribution in [0.1, 0.15) is 30.4 Å². The third-order valence-electron chi connectivity index (χ3n) is 5.31. The third kappa shape index (κ3) is 5.29. The minimum Gasteiger partial charge on any atom is -0.497 e. The van der Waals surface area contributed by atoms with Gasteiger partial charge in [-0.3, -0.25) is 25.7 Å². The zero-order valence-corrected chi connectivity index (χ0v) is 18.9. The summed E-state index contributed by atoms with van der Waals surface area (Å²) < 4.78 is 11.0. The second kappa shape index (κ2) is 10.9. The Kier molecular flexibility index (Phi) is 7.75. The summed E-state index contributed by atoms with van der Waals surface area (Å²) in [5.74, 6) is 0.952. The number of nitrogens with one attached hydrogen (secondary N) is 1. The Hall–Kier alpha value is -4.47. The number of non-ortho nitro benzene ring substituents is 1. The van der Waals surface area contributed by atoms with E-state index >= 15 is 0 Å². The lowest BCUT2D eigenvalue weighted by Crippen LogP contribution is -2.17. The molecule has 0 aromatic heterocycles. The highest BCUT2D eigenvalue weighted by Gasteiger charge is 2.24. The first-order chi connectivity index (χ1) is 16.4. The summed E-state index contributed by atoms with van der Waals surface area (Å²) in [6, 6.07) is 18.4. The van der Waals surface area contributed by atoms with Crippen molar-refractivity contribution in [1.29, 1.82) is 0 Å². The average molecular weight is 464 g/mol. The zero-order chi connectivity index (χ0) is 24.7. The zero-order valence-electron chi connectivity index (χ0n) is 18.9. The molecule has 0 bridgehead atoms. The molecule has 3 aromatic rings. The van der Waals surface area contributed by atoms with E-state index in [1.807, 2.05) is 37.3 Å². The molecule has 0 spiro atoms. The van der Waals surface area contributed by atoms with E-state index in [9.17, 15) is 20.2 Å². The molecule has 0 aliphatic carbocycles. The maximum atomic E-state index is 11.6. The first kappa shape index (κ1) is 24.2. The molecule has 0 radical (unpaired) electrons. The third-order valence-corrected chi connectivity index (χ3v) is 5.31. The highest BCUT2D eigenvalue weighted by Crippen LogP contribution is 2.34. The Bertz CT molecular complexity index is 1210. The molecule has 1 unspecified atom stereocenters. The minimum atomic E-state index is -0.689. The van der Waals surface area contributed by atoms with Gasteiger partial charge in [0.15, 0.2) is 0 Å². The van der Waals surface area contributed by atoms with Crippen LogP contribution in [-0.4, -0.2) is 29.8 Å². The van der Waals surface area contributed by atoms with E-state index in [1.165, 1.54) is 12.1 Å². The van der Waals surface area contributed by atoms with Crippen LogP contribution in [-0.2, 0) is 0 Å². The molecule has 1 atom stereocenters. The quantitative estimate of drug-likeness (QED) is 0.237. The Labute approximate surface area is 196 Å². The molecule has 176 valence electrons. The number of nitrogens with zero attached hydrogens (tertiary/aromatic N) is 3. The van der Waals surface area contributed by atoms with Crippen LogP contribution in [0.5, 0.6) is 11.5 Å². The topological polar surface area (TPSA) is 129 Å². The van der Waals surface area contributed by atoms with Crippen LogP contribution in [0, 0.1) is 20.2 Å². The fourth-order valence-electron chi connectivity index (χ4n) is 3.61. The first-order valence-corrected chi connectivity index (χ1v) is 10.4. The number of methoxy groups -OCH3 is 2. The molecule has 0 fully saturated rings. The smallest absolute Gasteiger partial charge is 0.301 e. The molecule has 0 aliphatic rings. The molecule has 0 heterocycles. The lowest BCUT2D eigenvalue weighted by molar-refractivity contribution is -0.393. The normalized spacial score (nSPS) is 12.0. The van der Waals surface area contributed by atoms with Crippen LogP contribution in [0.3, 0.4) is 0 Å². The van der Waals surface area contributed by atoms with Crippen molar-refractivity contribution in [2.45, 2.75) is 19.3 Å². The summed E-state index contributed by atoms with van der Waals surface area (Å²) in [5.41, 5.74) is 4.16. The van der Waals surface area contributed by atoms with E-state index in [2.05, 4.69) is 10.5 Å². The van der Waals surface area contributed by atoms with Gasteiger partial charge in [-0.05, 0) is 36.2 Å². The number of rotatable bonds is 10. The van der Waals surface area contributed by atoms with Gasteiger partial charge in [-0.2, -0.15) is 5.10 Å². The van der Waals surface area contributed by atoms with Crippen LogP contribution in [0.15, 0.2) is 71.8 Å². The average Bonchev–Trinajstić information content (AvgIpc) is 2.86. The highest BCUT2D eigenvalue weighted by atomic mass is 16.6. The Balaban J connectivity index is 2.17. The number of ether oxygens (including phenoxy) is 2. The summed E-state index contributed by atoms with van der Waals surface area (Å²) in [6.07, 6.45) is 0.674. The van der Waals surface area contributed by atoms with E-state index in [4.69, 9.17) is 9.47 Å². The standard InChI is InChI=1S/C24H24N4O6/c1-4-19(16-8-6-5-7-9-16)24(20-15-18(33-2)11-13-23(20)34-3)26-25-21-12-10-17(27(29)30)14-22(21)28(31)32/h5-15,19,25H,4H2,1-3H3. The van der Waals surface area contributed by atoms with Crippen molar-refractivity contribution in [3.8, 4) is 11.5 Å². The molecular formula is C24H24N4O6.